The van der Waals surface area contributed by atoms with E-state index < -0.39 is 16.8 Å². The van der Waals surface area contributed by atoms with E-state index in [-0.39, 0.29) is 24.6 Å². The van der Waals surface area contributed by atoms with Gasteiger partial charge in [-0.2, -0.15) is 0 Å². The predicted molar refractivity (Wildman–Crippen MR) is 109 cm³/mol. The molecular formula is C22H42O5. The quantitative estimate of drug-likeness (QED) is 0.299. The van der Waals surface area contributed by atoms with Gasteiger partial charge in [0.05, 0.1) is 16.9 Å². The number of esters is 1. The highest BCUT2D eigenvalue weighted by Gasteiger charge is 2.30. The molecule has 0 saturated carbocycles. The van der Waals surface area contributed by atoms with Crippen LogP contribution in [-0.4, -0.2) is 34.9 Å². The van der Waals surface area contributed by atoms with E-state index in [0.29, 0.717) is 6.42 Å². The van der Waals surface area contributed by atoms with Gasteiger partial charge in [-0.1, -0.05) is 32.6 Å². The lowest BCUT2D eigenvalue weighted by Gasteiger charge is -2.25. The highest BCUT2D eigenvalue weighted by atomic mass is 16.5. The van der Waals surface area contributed by atoms with Gasteiger partial charge in [-0.3, -0.25) is 9.59 Å². The number of unbranched alkanes of at least 4 members (excludes halogenated alkanes) is 2. The van der Waals surface area contributed by atoms with Crippen molar-refractivity contribution < 1.29 is 24.5 Å². The average Bonchev–Trinajstić information content (AvgIpc) is 2.59. The van der Waals surface area contributed by atoms with Crippen molar-refractivity contribution in [3.63, 3.8) is 0 Å². The Bertz CT molecular complexity index is 442. The molecule has 5 nitrogen and oxygen atoms in total. The first-order valence-corrected chi connectivity index (χ1v) is 10.5. The fourth-order valence-corrected chi connectivity index (χ4v) is 2.96. The average molecular weight is 387 g/mol. The summed E-state index contributed by atoms with van der Waals surface area (Å²) >= 11 is 0. The minimum Gasteiger partial charge on any atom is -0.481 e. The molecule has 0 aromatic carbocycles. The van der Waals surface area contributed by atoms with Gasteiger partial charge in [-0.25, -0.2) is 0 Å². The van der Waals surface area contributed by atoms with Crippen molar-refractivity contribution in [2.45, 2.75) is 105 Å². The molecule has 0 radical (unpaired) electrons. The maximum atomic E-state index is 12.2. The summed E-state index contributed by atoms with van der Waals surface area (Å²) in [6.07, 6.45) is 7.81. The lowest BCUT2D eigenvalue weighted by Crippen LogP contribution is -2.29. The van der Waals surface area contributed by atoms with Crippen LogP contribution in [0.25, 0.3) is 0 Å². The number of carboxylic acid groups (broad SMARTS) is 1. The molecule has 0 aliphatic rings. The first kappa shape index (κ1) is 25.9. The van der Waals surface area contributed by atoms with Gasteiger partial charge >= 0.3 is 11.9 Å². The second-order valence-corrected chi connectivity index (χ2v) is 9.24. The number of aliphatic hydroxyl groups is 1. The number of ether oxygens (including phenoxy) is 1. The molecule has 2 unspecified atom stereocenters. The Morgan fingerprint density at radius 3 is 1.81 bits per heavy atom. The Morgan fingerprint density at radius 2 is 1.41 bits per heavy atom. The van der Waals surface area contributed by atoms with E-state index in [9.17, 15) is 14.7 Å². The van der Waals surface area contributed by atoms with E-state index in [4.69, 9.17) is 9.84 Å². The summed E-state index contributed by atoms with van der Waals surface area (Å²) in [6, 6.07) is 0. The summed E-state index contributed by atoms with van der Waals surface area (Å²) in [5.41, 5.74) is -1.15. The molecule has 0 amide bonds. The van der Waals surface area contributed by atoms with Crippen LogP contribution in [0, 0.1) is 16.7 Å². The molecule has 160 valence electrons. The zero-order valence-corrected chi connectivity index (χ0v) is 18.3. The molecule has 0 rings (SSSR count). The van der Waals surface area contributed by atoms with Crippen LogP contribution < -0.4 is 0 Å². The molecule has 0 saturated heterocycles. The van der Waals surface area contributed by atoms with Crippen LogP contribution in [0.1, 0.15) is 99.3 Å². The van der Waals surface area contributed by atoms with E-state index in [1.807, 2.05) is 27.7 Å². The van der Waals surface area contributed by atoms with Gasteiger partial charge in [-0.15, -0.1) is 0 Å². The van der Waals surface area contributed by atoms with Crippen molar-refractivity contribution in [3.05, 3.63) is 0 Å². The van der Waals surface area contributed by atoms with Crippen molar-refractivity contribution in [2.75, 3.05) is 6.61 Å². The number of aliphatic carboxylic acids is 1. The topological polar surface area (TPSA) is 83.8 Å². The highest BCUT2D eigenvalue weighted by molar-refractivity contribution is 5.76. The molecule has 0 aromatic rings. The number of carbonyl (C=O) groups is 2. The number of aliphatic hydroxyl groups excluding tert-OH is 1. The molecule has 0 aliphatic heterocycles. The minimum atomic E-state index is -0.754. The summed E-state index contributed by atoms with van der Waals surface area (Å²) in [5.74, 6) is -0.625. The van der Waals surface area contributed by atoms with E-state index in [2.05, 4.69) is 0 Å². The Kier molecular flexibility index (Phi) is 11.9. The van der Waals surface area contributed by atoms with Crippen molar-refractivity contribution in [1.29, 1.82) is 0 Å². The smallest absolute Gasteiger partial charge is 0.311 e. The molecule has 0 aliphatic carbocycles. The summed E-state index contributed by atoms with van der Waals surface area (Å²) in [4.78, 5) is 23.3. The van der Waals surface area contributed by atoms with E-state index in [1.54, 1.807) is 13.8 Å². The molecule has 0 heterocycles. The monoisotopic (exact) mass is 386 g/mol. The van der Waals surface area contributed by atoms with Crippen LogP contribution >= 0.6 is 0 Å². The van der Waals surface area contributed by atoms with Crippen molar-refractivity contribution in [1.82, 2.24) is 0 Å². The van der Waals surface area contributed by atoms with Crippen LogP contribution in [-0.2, 0) is 14.3 Å². The van der Waals surface area contributed by atoms with Gasteiger partial charge < -0.3 is 14.9 Å². The van der Waals surface area contributed by atoms with E-state index >= 15 is 0 Å². The van der Waals surface area contributed by atoms with Gasteiger partial charge in [0.2, 0.25) is 0 Å². The third-order valence-corrected chi connectivity index (χ3v) is 5.60. The normalized spacial score (nSPS) is 14.6. The second kappa shape index (κ2) is 12.4. The lowest BCUT2D eigenvalue weighted by molar-refractivity contribution is -0.159. The molecule has 0 spiro atoms. The van der Waals surface area contributed by atoms with Crippen LogP contribution in [0.3, 0.4) is 0 Å². The number of carbonyl (C=O) groups excluding carboxylic acids is 1. The second-order valence-electron chi connectivity index (χ2n) is 9.24. The Hall–Kier alpha value is -1.10. The summed E-state index contributed by atoms with van der Waals surface area (Å²) in [5, 5.41) is 18.7. The Labute approximate surface area is 165 Å². The fraction of sp³-hybridized carbons (Fsp3) is 0.909. The van der Waals surface area contributed by atoms with Crippen LogP contribution in [0.5, 0.6) is 0 Å². The molecule has 0 bridgehead atoms. The van der Waals surface area contributed by atoms with Gasteiger partial charge in [-0.05, 0) is 72.6 Å². The zero-order chi connectivity index (χ0) is 21.1. The maximum Gasteiger partial charge on any atom is 0.311 e. The summed E-state index contributed by atoms with van der Waals surface area (Å²) < 4.78 is 5.45. The van der Waals surface area contributed by atoms with Gasteiger partial charge in [0.25, 0.3) is 0 Å². The Morgan fingerprint density at radius 1 is 0.926 bits per heavy atom. The molecule has 0 aromatic heterocycles. The molecule has 0 fully saturated rings. The number of rotatable bonds is 15. The zero-order valence-electron chi connectivity index (χ0n) is 18.3. The fourth-order valence-electron chi connectivity index (χ4n) is 2.96. The number of hydrogen-bond acceptors (Lipinski definition) is 4. The van der Waals surface area contributed by atoms with E-state index in [1.165, 1.54) is 0 Å². The molecule has 27 heavy (non-hydrogen) atoms. The largest absolute Gasteiger partial charge is 0.481 e. The van der Waals surface area contributed by atoms with Gasteiger partial charge in [0.15, 0.2) is 0 Å². The molecule has 5 heteroatoms. The summed E-state index contributed by atoms with van der Waals surface area (Å²) in [7, 11) is 0. The van der Waals surface area contributed by atoms with Gasteiger partial charge in [0, 0.05) is 6.61 Å². The SMILES string of the molecule is CCC(C)OC(=O)C(C)(C)CCCCC(CO)CCCCC(C)(C)C(=O)O. The van der Waals surface area contributed by atoms with Crippen LogP contribution in [0.2, 0.25) is 0 Å². The molecular weight excluding hydrogens is 344 g/mol. The van der Waals surface area contributed by atoms with Crippen molar-refractivity contribution in [3.8, 4) is 0 Å². The minimum absolute atomic E-state index is 0.0401. The molecule has 2 atom stereocenters. The maximum absolute atomic E-state index is 12.2. The lowest BCUT2D eigenvalue weighted by atomic mass is 9.85. The van der Waals surface area contributed by atoms with Crippen molar-refractivity contribution >= 4 is 11.9 Å². The first-order chi connectivity index (χ1) is 12.5. The molecule has 2 N–H and O–H groups in total. The number of hydrogen-bond donors (Lipinski definition) is 2. The third kappa shape index (κ3) is 10.7. The predicted octanol–water partition coefficient (Wildman–Crippen LogP) is 5.19. The van der Waals surface area contributed by atoms with Crippen LogP contribution in [0.4, 0.5) is 0 Å². The van der Waals surface area contributed by atoms with Crippen molar-refractivity contribution in [2.24, 2.45) is 16.7 Å². The Balaban J connectivity index is 4.09. The van der Waals surface area contributed by atoms with Crippen LogP contribution in [0.15, 0.2) is 0 Å². The highest BCUT2D eigenvalue weighted by Crippen LogP contribution is 2.28. The van der Waals surface area contributed by atoms with E-state index in [0.717, 1.165) is 51.4 Å². The first-order valence-electron chi connectivity index (χ1n) is 10.5. The van der Waals surface area contributed by atoms with Gasteiger partial charge in [0.1, 0.15) is 0 Å². The summed E-state index contributed by atoms with van der Waals surface area (Å²) in [6.45, 7) is 11.5. The standard InChI is InChI=1S/C22H42O5/c1-7-17(2)27-20(26)22(5,6)15-11-9-13-18(16-23)12-8-10-14-21(3,4)19(24)25/h17-18,23H,7-16H2,1-6H3,(H,24,25). The number of carboxylic acids is 1. The third-order valence-electron chi connectivity index (χ3n) is 5.60.